The zero-order valence-corrected chi connectivity index (χ0v) is 11.8. The second-order valence-electron chi connectivity index (χ2n) is 4.55. The first-order valence-electron chi connectivity index (χ1n) is 6.33. The molecule has 0 spiro atoms. The minimum atomic E-state index is -0.310. The van der Waals surface area contributed by atoms with E-state index in [9.17, 15) is 9.18 Å². The fourth-order valence-corrected chi connectivity index (χ4v) is 2.13. The van der Waals surface area contributed by atoms with Crippen LogP contribution in [0.5, 0.6) is 0 Å². The molecular formula is C16H15ClFNO. The number of hydrogen-bond donors (Lipinski definition) is 1. The van der Waals surface area contributed by atoms with Gasteiger partial charge in [-0.25, -0.2) is 4.39 Å². The molecule has 0 heterocycles. The summed E-state index contributed by atoms with van der Waals surface area (Å²) in [4.78, 5) is 12.0. The highest BCUT2D eigenvalue weighted by Gasteiger charge is 2.10. The molecule has 1 amide bonds. The second-order valence-corrected chi connectivity index (χ2v) is 5.21. The second kappa shape index (κ2) is 6.53. The van der Waals surface area contributed by atoms with Crippen LogP contribution in [0.2, 0.25) is 0 Å². The van der Waals surface area contributed by atoms with Gasteiger partial charge in [0.15, 0.2) is 0 Å². The number of anilines is 1. The van der Waals surface area contributed by atoms with Gasteiger partial charge in [-0.1, -0.05) is 30.3 Å². The Morgan fingerprint density at radius 2 is 1.85 bits per heavy atom. The Balaban J connectivity index is 2.07. The van der Waals surface area contributed by atoms with Crippen LogP contribution in [0.25, 0.3) is 0 Å². The number of nitrogens with one attached hydrogen (secondary N) is 1. The molecule has 1 atom stereocenters. The van der Waals surface area contributed by atoms with Crippen molar-refractivity contribution in [2.75, 3.05) is 5.32 Å². The van der Waals surface area contributed by atoms with Gasteiger partial charge in [-0.2, -0.15) is 0 Å². The van der Waals surface area contributed by atoms with E-state index < -0.39 is 0 Å². The lowest BCUT2D eigenvalue weighted by atomic mass is 10.1. The Morgan fingerprint density at radius 3 is 2.50 bits per heavy atom. The lowest BCUT2D eigenvalue weighted by Gasteiger charge is -2.12. The van der Waals surface area contributed by atoms with Crippen LogP contribution in [0.3, 0.4) is 0 Å². The van der Waals surface area contributed by atoms with E-state index in [1.54, 1.807) is 12.1 Å². The van der Waals surface area contributed by atoms with Gasteiger partial charge in [-0.15, -0.1) is 11.6 Å². The lowest BCUT2D eigenvalue weighted by Crippen LogP contribution is -2.15. The normalized spacial score (nSPS) is 11.9. The van der Waals surface area contributed by atoms with Gasteiger partial charge in [0.2, 0.25) is 5.91 Å². The smallest absolute Gasteiger partial charge is 0.228 e. The molecule has 0 aromatic heterocycles. The highest BCUT2D eigenvalue weighted by molar-refractivity contribution is 6.21. The maximum Gasteiger partial charge on any atom is 0.228 e. The van der Waals surface area contributed by atoms with Crippen molar-refractivity contribution in [1.29, 1.82) is 0 Å². The van der Waals surface area contributed by atoms with Gasteiger partial charge in [0.25, 0.3) is 0 Å². The van der Waals surface area contributed by atoms with Crippen molar-refractivity contribution >= 4 is 23.2 Å². The van der Waals surface area contributed by atoms with Crippen molar-refractivity contribution in [3.05, 3.63) is 65.5 Å². The van der Waals surface area contributed by atoms with Crippen LogP contribution in [0.4, 0.5) is 10.1 Å². The molecule has 0 bridgehead atoms. The Morgan fingerprint density at radius 1 is 1.20 bits per heavy atom. The van der Waals surface area contributed by atoms with Crippen LogP contribution in [0.15, 0.2) is 48.5 Å². The molecule has 2 rings (SSSR count). The molecular weight excluding hydrogens is 277 g/mol. The summed E-state index contributed by atoms with van der Waals surface area (Å²) in [6, 6.07) is 13.3. The number of para-hydroxylation sites is 1. The zero-order chi connectivity index (χ0) is 14.5. The largest absolute Gasteiger partial charge is 0.325 e. The summed E-state index contributed by atoms with van der Waals surface area (Å²) in [6.45, 7) is 1.85. The standard InChI is InChI=1S/C16H15ClFNO/c1-11(17)14-4-2-3-5-15(14)19-16(20)10-12-6-8-13(18)9-7-12/h2-9,11H,10H2,1H3,(H,19,20). The van der Waals surface area contributed by atoms with E-state index in [0.29, 0.717) is 5.69 Å². The van der Waals surface area contributed by atoms with E-state index in [4.69, 9.17) is 11.6 Å². The predicted octanol–water partition coefficient (Wildman–Crippen LogP) is 4.31. The van der Waals surface area contributed by atoms with E-state index in [1.165, 1.54) is 12.1 Å². The summed E-state index contributed by atoms with van der Waals surface area (Å²) in [6.07, 6.45) is 0.200. The van der Waals surface area contributed by atoms with Gasteiger partial charge < -0.3 is 5.32 Å². The Bertz CT molecular complexity index is 596. The van der Waals surface area contributed by atoms with Gasteiger partial charge in [-0.05, 0) is 36.2 Å². The number of hydrogen-bond acceptors (Lipinski definition) is 1. The lowest BCUT2D eigenvalue weighted by molar-refractivity contribution is -0.115. The summed E-state index contributed by atoms with van der Waals surface area (Å²) < 4.78 is 12.8. The van der Waals surface area contributed by atoms with Crippen LogP contribution < -0.4 is 5.32 Å². The zero-order valence-electron chi connectivity index (χ0n) is 11.1. The van der Waals surface area contributed by atoms with Crippen LogP contribution in [-0.2, 0) is 11.2 Å². The monoisotopic (exact) mass is 291 g/mol. The van der Waals surface area contributed by atoms with Gasteiger partial charge in [0.05, 0.1) is 11.8 Å². The molecule has 0 aliphatic rings. The van der Waals surface area contributed by atoms with Crippen molar-refractivity contribution in [2.45, 2.75) is 18.7 Å². The van der Waals surface area contributed by atoms with Crippen LogP contribution in [-0.4, -0.2) is 5.91 Å². The van der Waals surface area contributed by atoms with Gasteiger partial charge in [0, 0.05) is 5.69 Å². The first-order valence-corrected chi connectivity index (χ1v) is 6.77. The summed E-state index contributed by atoms with van der Waals surface area (Å²) in [5.41, 5.74) is 2.35. The molecule has 20 heavy (non-hydrogen) atoms. The number of amides is 1. The summed E-state index contributed by atoms with van der Waals surface area (Å²) in [5.74, 6) is -0.461. The fourth-order valence-electron chi connectivity index (χ4n) is 1.94. The molecule has 1 N–H and O–H groups in total. The number of halogens is 2. The number of carbonyl (C=O) groups excluding carboxylic acids is 1. The Labute approximate surface area is 122 Å². The fraction of sp³-hybridized carbons (Fsp3) is 0.188. The topological polar surface area (TPSA) is 29.1 Å². The van der Waals surface area contributed by atoms with E-state index in [1.807, 2.05) is 31.2 Å². The van der Waals surface area contributed by atoms with Crippen molar-refractivity contribution in [3.63, 3.8) is 0 Å². The average molecular weight is 292 g/mol. The summed E-state index contributed by atoms with van der Waals surface area (Å²) >= 11 is 6.08. The highest BCUT2D eigenvalue weighted by atomic mass is 35.5. The summed E-state index contributed by atoms with van der Waals surface area (Å²) in [5, 5.41) is 2.65. The average Bonchev–Trinajstić information content (AvgIpc) is 2.41. The number of carbonyl (C=O) groups is 1. The maximum absolute atomic E-state index is 12.8. The van der Waals surface area contributed by atoms with Gasteiger partial charge in [0.1, 0.15) is 5.82 Å². The van der Waals surface area contributed by atoms with Gasteiger partial charge >= 0.3 is 0 Å². The number of alkyl halides is 1. The van der Waals surface area contributed by atoms with Crippen LogP contribution in [0, 0.1) is 5.82 Å². The molecule has 0 saturated carbocycles. The van der Waals surface area contributed by atoms with Crippen LogP contribution in [0.1, 0.15) is 23.4 Å². The third-order valence-electron chi connectivity index (χ3n) is 2.94. The third kappa shape index (κ3) is 3.81. The molecule has 0 aliphatic heterocycles. The molecule has 0 saturated heterocycles. The first-order chi connectivity index (χ1) is 9.56. The summed E-state index contributed by atoms with van der Waals surface area (Å²) in [7, 11) is 0. The molecule has 0 fully saturated rings. The van der Waals surface area contributed by atoms with E-state index in [-0.39, 0.29) is 23.5 Å². The number of benzene rings is 2. The minimum Gasteiger partial charge on any atom is -0.325 e. The molecule has 1 unspecified atom stereocenters. The van der Waals surface area contributed by atoms with Gasteiger partial charge in [-0.3, -0.25) is 4.79 Å². The molecule has 104 valence electrons. The Hall–Kier alpha value is -1.87. The number of rotatable bonds is 4. The first kappa shape index (κ1) is 14.5. The quantitative estimate of drug-likeness (QED) is 0.836. The Kier molecular flexibility index (Phi) is 4.74. The molecule has 2 aromatic rings. The molecule has 2 aromatic carbocycles. The molecule has 2 nitrogen and oxygen atoms in total. The predicted molar refractivity (Wildman–Crippen MR) is 79.4 cm³/mol. The van der Waals surface area contributed by atoms with E-state index in [0.717, 1.165) is 11.1 Å². The molecule has 0 aliphatic carbocycles. The van der Waals surface area contributed by atoms with Crippen molar-refractivity contribution < 1.29 is 9.18 Å². The maximum atomic E-state index is 12.8. The van der Waals surface area contributed by atoms with Crippen molar-refractivity contribution in [1.82, 2.24) is 0 Å². The van der Waals surface area contributed by atoms with E-state index in [2.05, 4.69) is 5.32 Å². The molecule has 4 heteroatoms. The highest BCUT2D eigenvalue weighted by Crippen LogP contribution is 2.27. The minimum absolute atomic E-state index is 0.152. The van der Waals surface area contributed by atoms with Crippen LogP contribution >= 0.6 is 11.6 Å². The van der Waals surface area contributed by atoms with Crippen molar-refractivity contribution in [2.24, 2.45) is 0 Å². The molecule has 0 radical (unpaired) electrons. The van der Waals surface area contributed by atoms with E-state index >= 15 is 0 Å². The third-order valence-corrected chi connectivity index (χ3v) is 3.18. The van der Waals surface area contributed by atoms with Crippen molar-refractivity contribution in [3.8, 4) is 0 Å². The SMILES string of the molecule is CC(Cl)c1ccccc1NC(=O)Cc1ccc(F)cc1.